The van der Waals surface area contributed by atoms with Crippen molar-refractivity contribution in [2.75, 3.05) is 10.0 Å². The van der Waals surface area contributed by atoms with Gasteiger partial charge in [-0.1, -0.05) is 15.9 Å². The third-order valence-corrected chi connectivity index (χ3v) is 5.93. The molecule has 0 atom stereocenters. The maximum absolute atomic E-state index is 12.5. The van der Waals surface area contributed by atoms with E-state index < -0.39 is 10.0 Å². The molecule has 3 rings (SSSR count). The molecule has 0 aliphatic heterocycles. The highest BCUT2D eigenvalue weighted by molar-refractivity contribution is 9.10. The molecular weight excluding hydrogens is 468 g/mol. The summed E-state index contributed by atoms with van der Waals surface area (Å²) >= 11 is 3.31. The van der Waals surface area contributed by atoms with Crippen LogP contribution in [0.3, 0.4) is 0 Å². The zero-order valence-electron chi connectivity index (χ0n) is 16.4. The minimum Gasteiger partial charge on any atom is -0.491 e. The summed E-state index contributed by atoms with van der Waals surface area (Å²) < 4.78 is 34.0. The third kappa shape index (κ3) is 5.84. The SMILES string of the molecule is CC(C)Oc1ccc(C(=O)Nc2ccc(S(=O)(=O)Nc3ccc(Br)cc3)cc2)cc1. The number of hydrogen-bond donors (Lipinski definition) is 2. The van der Waals surface area contributed by atoms with Crippen LogP contribution in [0.1, 0.15) is 24.2 Å². The maximum atomic E-state index is 12.5. The van der Waals surface area contributed by atoms with Gasteiger partial charge in [-0.2, -0.15) is 0 Å². The molecule has 0 heterocycles. The average molecular weight is 489 g/mol. The molecule has 6 nitrogen and oxygen atoms in total. The van der Waals surface area contributed by atoms with E-state index in [2.05, 4.69) is 26.0 Å². The van der Waals surface area contributed by atoms with Crippen LogP contribution in [0.4, 0.5) is 11.4 Å². The second-order valence-corrected chi connectivity index (χ2v) is 9.38. The summed E-state index contributed by atoms with van der Waals surface area (Å²) in [7, 11) is -3.73. The fraction of sp³-hybridized carbons (Fsp3) is 0.136. The zero-order valence-corrected chi connectivity index (χ0v) is 18.8. The van der Waals surface area contributed by atoms with Crippen molar-refractivity contribution in [2.24, 2.45) is 0 Å². The number of halogens is 1. The van der Waals surface area contributed by atoms with E-state index in [1.807, 2.05) is 13.8 Å². The number of carbonyl (C=O) groups excluding carboxylic acids is 1. The summed E-state index contributed by atoms with van der Waals surface area (Å²) in [5.74, 6) is 0.393. The van der Waals surface area contributed by atoms with Gasteiger partial charge in [0.25, 0.3) is 15.9 Å². The Morgan fingerprint density at radius 1 is 0.867 bits per heavy atom. The molecule has 0 bridgehead atoms. The van der Waals surface area contributed by atoms with E-state index in [1.165, 1.54) is 12.1 Å². The highest BCUT2D eigenvalue weighted by Gasteiger charge is 2.15. The predicted octanol–water partition coefficient (Wildman–Crippen LogP) is 5.29. The summed E-state index contributed by atoms with van der Waals surface area (Å²) in [5, 5.41) is 2.75. The van der Waals surface area contributed by atoms with Crippen molar-refractivity contribution in [3.8, 4) is 5.75 Å². The Bertz CT molecular complexity index is 1110. The van der Waals surface area contributed by atoms with Crippen LogP contribution in [0, 0.1) is 0 Å². The van der Waals surface area contributed by atoms with Crippen molar-refractivity contribution in [1.29, 1.82) is 0 Å². The Morgan fingerprint density at radius 3 is 2.00 bits per heavy atom. The molecule has 0 saturated carbocycles. The van der Waals surface area contributed by atoms with Gasteiger partial charge in [0.15, 0.2) is 0 Å². The van der Waals surface area contributed by atoms with Gasteiger partial charge in [0.2, 0.25) is 0 Å². The first-order valence-corrected chi connectivity index (χ1v) is 11.5. The highest BCUT2D eigenvalue weighted by Crippen LogP contribution is 2.21. The second-order valence-electron chi connectivity index (χ2n) is 6.78. The quantitative estimate of drug-likeness (QED) is 0.473. The van der Waals surface area contributed by atoms with Crippen molar-refractivity contribution < 1.29 is 17.9 Å². The van der Waals surface area contributed by atoms with Gasteiger partial charge >= 0.3 is 0 Å². The molecule has 3 aromatic carbocycles. The number of sulfonamides is 1. The Hall–Kier alpha value is -2.84. The van der Waals surface area contributed by atoms with Crippen LogP contribution in [0.15, 0.2) is 82.2 Å². The number of benzene rings is 3. The van der Waals surface area contributed by atoms with E-state index in [-0.39, 0.29) is 16.9 Å². The van der Waals surface area contributed by atoms with Gasteiger partial charge in [0.05, 0.1) is 11.0 Å². The molecule has 1 amide bonds. The van der Waals surface area contributed by atoms with Crippen LogP contribution in [0.2, 0.25) is 0 Å². The highest BCUT2D eigenvalue weighted by atomic mass is 79.9. The van der Waals surface area contributed by atoms with Gasteiger partial charge in [0.1, 0.15) is 5.75 Å². The van der Waals surface area contributed by atoms with E-state index in [4.69, 9.17) is 4.74 Å². The minimum atomic E-state index is -3.73. The van der Waals surface area contributed by atoms with Crippen molar-refractivity contribution in [3.63, 3.8) is 0 Å². The van der Waals surface area contributed by atoms with Gasteiger partial charge < -0.3 is 10.1 Å². The smallest absolute Gasteiger partial charge is 0.261 e. The standard InChI is InChI=1S/C22H21BrN2O4S/c1-15(2)29-20-11-3-16(4-12-20)22(26)24-18-9-13-21(14-10-18)30(27,28)25-19-7-5-17(23)6-8-19/h3-15,25H,1-2H3,(H,24,26). The largest absolute Gasteiger partial charge is 0.491 e. The molecule has 2 N–H and O–H groups in total. The first-order chi connectivity index (χ1) is 14.2. The van der Waals surface area contributed by atoms with E-state index >= 15 is 0 Å². The lowest BCUT2D eigenvalue weighted by Gasteiger charge is -2.11. The van der Waals surface area contributed by atoms with Crippen molar-refractivity contribution in [3.05, 3.63) is 82.8 Å². The number of ether oxygens (including phenoxy) is 1. The molecule has 0 aliphatic rings. The monoisotopic (exact) mass is 488 g/mol. The van der Waals surface area contributed by atoms with E-state index in [1.54, 1.807) is 60.7 Å². The first kappa shape index (κ1) is 21.9. The molecule has 0 unspecified atom stereocenters. The Balaban J connectivity index is 1.66. The summed E-state index contributed by atoms with van der Waals surface area (Å²) in [6, 6.07) is 19.6. The van der Waals surface area contributed by atoms with Crippen LogP contribution < -0.4 is 14.8 Å². The van der Waals surface area contributed by atoms with Gasteiger partial charge in [0, 0.05) is 21.4 Å². The van der Waals surface area contributed by atoms with Gasteiger partial charge in [-0.3, -0.25) is 9.52 Å². The molecule has 0 spiro atoms. The molecule has 3 aromatic rings. The number of anilines is 2. The Morgan fingerprint density at radius 2 is 1.43 bits per heavy atom. The molecule has 0 radical (unpaired) electrons. The molecule has 0 fully saturated rings. The van der Waals surface area contributed by atoms with Crippen molar-refractivity contribution >= 4 is 43.2 Å². The van der Waals surface area contributed by atoms with Crippen molar-refractivity contribution in [2.45, 2.75) is 24.8 Å². The van der Waals surface area contributed by atoms with Crippen LogP contribution in [0.5, 0.6) is 5.75 Å². The topological polar surface area (TPSA) is 84.5 Å². The zero-order chi connectivity index (χ0) is 21.7. The molecule has 30 heavy (non-hydrogen) atoms. The van der Waals surface area contributed by atoms with Crippen LogP contribution in [-0.2, 0) is 10.0 Å². The maximum Gasteiger partial charge on any atom is 0.261 e. The van der Waals surface area contributed by atoms with Crippen LogP contribution >= 0.6 is 15.9 Å². The van der Waals surface area contributed by atoms with Gasteiger partial charge in [-0.05, 0) is 86.6 Å². The summed E-state index contributed by atoms with van der Waals surface area (Å²) in [5.41, 5.74) is 1.42. The van der Waals surface area contributed by atoms with Crippen LogP contribution in [-0.4, -0.2) is 20.4 Å². The number of rotatable bonds is 7. The lowest BCUT2D eigenvalue weighted by atomic mass is 10.2. The minimum absolute atomic E-state index is 0.0534. The first-order valence-electron chi connectivity index (χ1n) is 9.19. The van der Waals surface area contributed by atoms with Crippen molar-refractivity contribution in [1.82, 2.24) is 0 Å². The van der Waals surface area contributed by atoms with E-state index in [0.29, 0.717) is 22.7 Å². The molecule has 8 heteroatoms. The van der Waals surface area contributed by atoms with Crippen LogP contribution in [0.25, 0.3) is 0 Å². The Labute approximate surface area is 184 Å². The number of hydrogen-bond acceptors (Lipinski definition) is 4. The molecule has 156 valence electrons. The van der Waals surface area contributed by atoms with Gasteiger partial charge in [-0.15, -0.1) is 0 Å². The second kappa shape index (κ2) is 9.32. The summed E-state index contributed by atoms with van der Waals surface area (Å²) in [6.45, 7) is 3.86. The fourth-order valence-electron chi connectivity index (χ4n) is 2.61. The lowest BCUT2D eigenvalue weighted by molar-refractivity contribution is 0.102. The summed E-state index contributed by atoms with van der Waals surface area (Å²) in [4.78, 5) is 12.5. The summed E-state index contributed by atoms with van der Waals surface area (Å²) in [6.07, 6.45) is 0.0534. The normalized spacial score (nSPS) is 11.2. The van der Waals surface area contributed by atoms with E-state index in [0.717, 1.165) is 4.47 Å². The molecule has 0 saturated heterocycles. The fourth-order valence-corrected chi connectivity index (χ4v) is 3.93. The predicted molar refractivity (Wildman–Crippen MR) is 122 cm³/mol. The third-order valence-electron chi connectivity index (χ3n) is 4.01. The molecular formula is C22H21BrN2O4S. The molecule has 0 aliphatic carbocycles. The number of carbonyl (C=O) groups is 1. The molecule has 0 aromatic heterocycles. The average Bonchev–Trinajstić information content (AvgIpc) is 2.70. The lowest BCUT2D eigenvalue weighted by Crippen LogP contribution is -2.14. The Kier molecular flexibility index (Phi) is 6.79. The number of amides is 1. The van der Waals surface area contributed by atoms with E-state index in [9.17, 15) is 13.2 Å². The van der Waals surface area contributed by atoms with Gasteiger partial charge in [-0.25, -0.2) is 8.42 Å². The number of nitrogens with one attached hydrogen (secondary N) is 2.